The molecule has 0 unspecified atom stereocenters. The van der Waals surface area contributed by atoms with Crippen LogP contribution in [0.3, 0.4) is 0 Å². The molecule has 2 nitrogen and oxygen atoms in total. The fourth-order valence-corrected chi connectivity index (χ4v) is 1.83. The van der Waals surface area contributed by atoms with Gasteiger partial charge in [0.15, 0.2) is 0 Å². The number of nitrogens with zero attached hydrogens (tertiary/aromatic N) is 1. The van der Waals surface area contributed by atoms with Crippen LogP contribution in [-0.2, 0) is 0 Å². The van der Waals surface area contributed by atoms with Crippen molar-refractivity contribution in [2.45, 2.75) is 25.4 Å². The van der Waals surface area contributed by atoms with Crippen LogP contribution in [0.15, 0.2) is 0 Å². The van der Waals surface area contributed by atoms with Crippen LogP contribution in [0, 0.1) is 5.92 Å². The van der Waals surface area contributed by atoms with Gasteiger partial charge in [0.1, 0.15) is 0 Å². The highest BCUT2D eigenvalue weighted by atomic mass is 35.5. The second-order valence-corrected chi connectivity index (χ2v) is 4.17. The van der Waals surface area contributed by atoms with Gasteiger partial charge in [0.05, 0.1) is 6.10 Å². The molecule has 1 rings (SSSR count). The van der Waals surface area contributed by atoms with E-state index < -0.39 is 0 Å². The third kappa shape index (κ3) is 3.30. The average molecular weight is 192 g/mol. The largest absolute Gasteiger partial charge is 0.393 e. The second-order valence-electron chi connectivity index (χ2n) is 3.80. The Hall–Kier alpha value is 0.210. The third-order valence-corrected chi connectivity index (χ3v) is 2.72. The Morgan fingerprint density at radius 2 is 2.17 bits per heavy atom. The molecule has 0 aromatic rings. The Morgan fingerprint density at radius 1 is 1.50 bits per heavy atom. The first-order valence-corrected chi connectivity index (χ1v) is 5.18. The summed E-state index contributed by atoms with van der Waals surface area (Å²) in [4.78, 5) is 2.30. The maximum Gasteiger partial charge on any atom is 0.0546 e. The number of aliphatic hydroxyl groups excluding tert-OH is 1. The Kier molecular flexibility index (Phi) is 4.33. The molecule has 0 atom stereocenters. The molecule has 0 aliphatic heterocycles. The van der Waals surface area contributed by atoms with Crippen molar-refractivity contribution in [3.8, 4) is 0 Å². The molecule has 72 valence electrons. The molecule has 1 N–H and O–H groups in total. The van der Waals surface area contributed by atoms with E-state index in [-0.39, 0.29) is 6.10 Å². The van der Waals surface area contributed by atoms with Crippen molar-refractivity contribution in [3.63, 3.8) is 0 Å². The van der Waals surface area contributed by atoms with Crippen molar-refractivity contribution >= 4 is 11.6 Å². The molecule has 0 aromatic heterocycles. The van der Waals surface area contributed by atoms with Crippen LogP contribution >= 0.6 is 11.6 Å². The van der Waals surface area contributed by atoms with E-state index in [2.05, 4.69) is 11.9 Å². The summed E-state index contributed by atoms with van der Waals surface area (Å²) >= 11 is 5.59. The van der Waals surface area contributed by atoms with Gasteiger partial charge in [-0.15, -0.1) is 11.6 Å². The summed E-state index contributed by atoms with van der Waals surface area (Å²) in [5.74, 6) is 1.47. The van der Waals surface area contributed by atoms with Gasteiger partial charge < -0.3 is 10.0 Å². The molecular formula is C9H18ClNO. The van der Waals surface area contributed by atoms with Gasteiger partial charge in [-0.1, -0.05) is 0 Å². The Labute approximate surface area is 79.5 Å². The van der Waals surface area contributed by atoms with Gasteiger partial charge >= 0.3 is 0 Å². The molecule has 0 heterocycles. The second kappa shape index (κ2) is 5.05. The Morgan fingerprint density at radius 3 is 2.67 bits per heavy atom. The number of hydrogen-bond acceptors (Lipinski definition) is 2. The predicted molar refractivity (Wildman–Crippen MR) is 51.6 cm³/mol. The lowest BCUT2D eigenvalue weighted by molar-refractivity contribution is 0.0284. The Balaban J connectivity index is 1.98. The molecule has 0 amide bonds. The normalized spacial score (nSPS) is 29.0. The van der Waals surface area contributed by atoms with Crippen molar-refractivity contribution < 1.29 is 5.11 Å². The smallest absolute Gasteiger partial charge is 0.0546 e. The fourth-order valence-electron chi connectivity index (χ4n) is 1.71. The number of alkyl halides is 1. The average Bonchev–Trinajstić information content (AvgIpc) is 1.98. The first-order valence-electron chi connectivity index (χ1n) is 4.65. The van der Waals surface area contributed by atoms with E-state index in [4.69, 9.17) is 16.7 Å². The van der Waals surface area contributed by atoms with Crippen molar-refractivity contribution in [2.75, 3.05) is 26.0 Å². The standard InChI is InChI=1S/C9H18ClNO/c1-11(4-2-3-10)7-8-5-9(12)6-8/h8-9,12H,2-7H2,1H3. The van der Waals surface area contributed by atoms with Crippen LogP contribution in [0.2, 0.25) is 0 Å². The summed E-state index contributed by atoms with van der Waals surface area (Å²) in [6, 6.07) is 0. The summed E-state index contributed by atoms with van der Waals surface area (Å²) < 4.78 is 0. The number of aliphatic hydroxyl groups is 1. The molecule has 0 spiro atoms. The van der Waals surface area contributed by atoms with E-state index in [1.165, 1.54) is 0 Å². The topological polar surface area (TPSA) is 23.5 Å². The van der Waals surface area contributed by atoms with Gasteiger partial charge in [0.25, 0.3) is 0 Å². The zero-order valence-electron chi connectivity index (χ0n) is 7.67. The number of halogens is 1. The minimum absolute atomic E-state index is 0.0172. The van der Waals surface area contributed by atoms with Crippen LogP contribution < -0.4 is 0 Å². The highest BCUT2D eigenvalue weighted by Gasteiger charge is 2.27. The quantitative estimate of drug-likeness (QED) is 0.663. The minimum atomic E-state index is -0.0172. The molecule has 1 saturated carbocycles. The van der Waals surface area contributed by atoms with Gasteiger partial charge in [-0.3, -0.25) is 0 Å². The van der Waals surface area contributed by atoms with Crippen molar-refractivity contribution in [1.82, 2.24) is 4.90 Å². The SMILES string of the molecule is CN(CCCCl)CC1CC(O)C1. The van der Waals surface area contributed by atoms with Crippen LogP contribution in [0.25, 0.3) is 0 Å². The van der Waals surface area contributed by atoms with E-state index in [1.807, 2.05) is 0 Å². The molecule has 0 bridgehead atoms. The van der Waals surface area contributed by atoms with Gasteiger partial charge in [0.2, 0.25) is 0 Å². The van der Waals surface area contributed by atoms with Gasteiger partial charge in [-0.2, -0.15) is 0 Å². The zero-order chi connectivity index (χ0) is 8.97. The van der Waals surface area contributed by atoms with Gasteiger partial charge in [-0.25, -0.2) is 0 Å². The molecule has 1 fully saturated rings. The summed E-state index contributed by atoms with van der Waals surface area (Å²) in [6.07, 6.45) is 3.03. The summed E-state index contributed by atoms with van der Waals surface area (Å²) in [5, 5.41) is 9.07. The molecule has 1 aliphatic carbocycles. The fraction of sp³-hybridized carbons (Fsp3) is 1.00. The first-order chi connectivity index (χ1) is 5.72. The van der Waals surface area contributed by atoms with E-state index in [9.17, 15) is 0 Å². The summed E-state index contributed by atoms with van der Waals surface area (Å²) in [5.41, 5.74) is 0. The van der Waals surface area contributed by atoms with Crippen molar-refractivity contribution in [3.05, 3.63) is 0 Å². The van der Waals surface area contributed by atoms with E-state index in [1.54, 1.807) is 0 Å². The number of hydrogen-bond donors (Lipinski definition) is 1. The molecule has 0 radical (unpaired) electrons. The van der Waals surface area contributed by atoms with Crippen molar-refractivity contribution in [2.24, 2.45) is 5.92 Å². The van der Waals surface area contributed by atoms with Gasteiger partial charge in [-0.05, 0) is 38.8 Å². The van der Waals surface area contributed by atoms with Crippen LogP contribution in [-0.4, -0.2) is 42.1 Å². The van der Waals surface area contributed by atoms with Crippen LogP contribution in [0.5, 0.6) is 0 Å². The monoisotopic (exact) mass is 191 g/mol. The minimum Gasteiger partial charge on any atom is -0.393 e. The molecule has 3 heteroatoms. The summed E-state index contributed by atoms with van der Waals surface area (Å²) in [7, 11) is 2.12. The molecule has 12 heavy (non-hydrogen) atoms. The van der Waals surface area contributed by atoms with E-state index in [0.29, 0.717) is 0 Å². The highest BCUT2D eigenvalue weighted by molar-refractivity contribution is 6.17. The lowest BCUT2D eigenvalue weighted by Crippen LogP contribution is -2.37. The van der Waals surface area contributed by atoms with Gasteiger partial charge in [0, 0.05) is 12.4 Å². The third-order valence-electron chi connectivity index (χ3n) is 2.45. The molecular weight excluding hydrogens is 174 g/mol. The van der Waals surface area contributed by atoms with Crippen molar-refractivity contribution in [1.29, 1.82) is 0 Å². The number of rotatable bonds is 5. The predicted octanol–water partition coefficient (Wildman–Crippen LogP) is 1.32. The lowest BCUT2D eigenvalue weighted by Gasteiger charge is -2.34. The molecule has 0 aromatic carbocycles. The maximum absolute atomic E-state index is 9.07. The van der Waals surface area contributed by atoms with E-state index >= 15 is 0 Å². The maximum atomic E-state index is 9.07. The van der Waals surface area contributed by atoms with E-state index in [0.717, 1.165) is 44.1 Å². The highest BCUT2D eigenvalue weighted by Crippen LogP contribution is 2.27. The first kappa shape index (κ1) is 10.3. The zero-order valence-corrected chi connectivity index (χ0v) is 8.43. The Bertz CT molecular complexity index is 126. The van der Waals surface area contributed by atoms with Crippen LogP contribution in [0.1, 0.15) is 19.3 Å². The molecule has 1 aliphatic rings. The lowest BCUT2D eigenvalue weighted by atomic mass is 9.82. The molecule has 0 saturated heterocycles. The summed E-state index contributed by atoms with van der Waals surface area (Å²) in [6.45, 7) is 2.20. The van der Waals surface area contributed by atoms with Crippen LogP contribution in [0.4, 0.5) is 0 Å².